The fourth-order valence-corrected chi connectivity index (χ4v) is 4.29. The van der Waals surface area contributed by atoms with E-state index in [0.29, 0.717) is 41.8 Å². The van der Waals surface area contributed by atoms with Crippen LogP contribution in [0.1, 0.15) is 37.7 Å². The van der Waals surface area contributed by atoms with Crippen LogP contribution in [0, 0.1) is 10.1 Å². The molecule has 1 aliphatic heterocycles. The number of nitro groups is 1. The van der Waals surface area contributed by atoms with Crippen LogP contribution in [-0.2, 0) is 14.3 Å². The van der Waals surface area contributed by atoms with Crippen molar-refractivity contribution in [3.63, 3.8) is 0 Å². The van der Waals surface area contributed by atoms with Crippen molar-refractivity contribution in [1.82, 2.24) is 4.98 Å². The number of nitro benzene ring substituents is 1. The second kappa shape index (κ2) is 8.62. The van der Waals surface area contributed by atoms with E-state index < -0.39 is 16.8 Å². The molecule has 2 aliphatic rings. The first-order valence-corrected chi connectivity index (χ1v) is 10.3. The van der Waals surface area contributed by atoms with E-state index >= 15 is 0 Å². The fourth-order valence-electron chi connectivity index (χ4n) is 4.29. The lowest BCUT2D eigenvalue weighted by Crippen LogP contribution is -2.41. The maximum atomic E-state index is 13.2. The number of hydrogen-bond acceptors (Lipinski definition) is 8. The largest absolute Gasteiger partial charge is 0.463 e. The monoisotopic (exact) mass is 434 g/mol. The molecule has 9 nitrogen and oxygen atoms in total. The molecule has 0 unspecified atom stereocenters. The number of carbonyl (C=O) groups is 2. The van der Waals surface area contributed by atoms with E-state index in [0.717, 1.165) is 0 Å². The van der Waals surface area contributed by atoms with E-state index in [2.05, 4.69) is 4.98 Å². The first-order valence-electron chi connectivity index (χ1n) is 10.3. The zero-order valence-corrected chi connectivity index (χ0v) is 17.5. The molecule has 2 heterocycles. The molecule has 1 aliphatic carbocycles. The number of allylic oxidation sites excluding steroid dienone is 2. The minimum absolute atomic E-state index is 0.0682. The van der Waals surface area contributed by atoms with Crippen molar-refractivity contribution < 1.29 is 19.2 Å². The van der Waals surface area contributed by atoms with Crippen LogP contribution in [0.25, 0.3) is 0 Å². The van der Waals surface area contributed by atoms with Gasteiger partial charge in [0.15, 0.2) is 5.78 Å². The van der Waals surface area contributed by atoms with Crippen LogP contribution in [0.5, 0.6) is 0 Å². The number of benzene rings is 1. The Labute approximate surface area is 184 Å². The van der Waals surface area contributed by atoms with Crippen molar-refractivity contribution in [2.24, 2.45) is 5.73 Å². The summed E-state index contributed by atoms with van der Waals surface area (Å²) in [6, 6.07) is 9.39. The van der Waals surface area contributed by atoms with Gasteiger partial charge in [-0.1, -0.05) is 6.07 Å². The predicted molar refractivity (Wildman–Crippen MR) is 116 cm³/mol. The fraction of sp³-hybridized carbons (Fsp3) is 0.261. The summed E-state index contributed by atoms with van der Waals surface area (Å²) in [6.07, 6.45) is 4.81. The van der Waals surface area contributed by atoms with E-state index in [1.54, 1.807) is 48.5 Å². The number of carbonyl (C=O) groups excluding carboxylic acids is 2. The molecule has 9 heteroatoms. The smallest absolute Gasteiger partial charge is 0.338 e. The number of aromatic nitrogens is 1. The number of anilines is 1. The van der Waals surface area contributed by atoms with Gasteiger partial charge in [0.25, 0.3) is 5.69 Å². The van der Waals surface area contributed by atoms with E-state index in [-0.39, 0.29) is 29.5 Å². The summed E-state index contributed by atoms with van der Waals surface area (Å²) in [6.45, 7) is 1.84. The second-order valence-corrected chi connectivity index (χ2v) is 7.48. The molecule has 0 fully saturated rings. The lowest BCUT2D eigenvalue weighted by Gasteiger charge is -2.40. The Morgan fingerprint density at radius 2 is 2.03 bits per heavy atom. The highest BCUT2D eigenvalue weighted by molar-refractivity contribution is 6.05. The summed E-state index contributed by atoms with van der Waals surface area (Å²) in [4.78, 5) is 42.6. The number of Topliss-reactive ketones (excluding diaryl/α,β-unsaturated/α-hetero) is 1. The first kappa shape index (κ1) is 21.2. The van der Waals surface area contributed by atoms with E-state index in [1.165, 1.54) is 12.1 Å². The summed E-state index contributed by atoms with van der Waals surface area (Å²) >= 11 is 0. The van der Waals surface area contributed by atoms with Gasteiger partial charge in [-0.25, -0.2) is 4.79 Å². The summed E-state index contributed by atoms with van der Waals surface area (Å²) < 4.78 is 5.31. The maximum absolute atomic E-state index is 13.2. The van der Waals surface area contributed by atoms with Gasteiger partial charge in [-0.2, -0.15) is 0 Å². The minimum Gasteiger partial charge on any atom is -0.463 e. The lowest BCUT2D eigenvalue weighted by atomic mass is 9.75. The second-order valence-electron chi connectivity index (χ2n) is 7.48. The van der Waals surface area contributed by atoms with Crippen molar-refractivity contribution in [2.75, 3.05) is 11.5 Å². The Kier molecular flexibility index (Phi) is 5.72. The zero-order chi connectivity index (χ0) is 22.8. The highest BCUT2D eigenvalue weighted by Gasteiger charge is 2.43. The van der Waals surface area contributed by atoms with Crippen LogP contribution < -0.4 is 10.6 Å². The Morgan fingerprint density at radius 3 is 2.66 bits per heavy atom. The van der Waals surface area contributed by atoms with Crippen molar-refractivity contribution in [3.8, 4) is 0 Å². The molecule has 0 saturated heterocycles. The van der Waals surface area contributed by atoms with Gasteiger partial charge in [-0.05, 0) is 43.5 Å². The van der Waals surface area contributed by atoms with Gasteiger partial charge < -0.3 is 10.5 Å². The topological polar surface area (TPSA) is 129 Å². The Balaban J connectivity index is 1.95. The molecule has 0 bridgehead atoms. The van der Waals surface area contributed by atoms with E-state index in [4.69, 9.17) is 10.5 Å². The molecule has 4 rings (SSSR count). The molecule has 32 heavy (non-hydrogen) atoms. The summed E-state index contributed by atoms with van der Waals surface area (Å²) in [5.74, 6) is -1.24. The van der Waals surface area contributed by atoms with Gasteiger partial charge in [-0.15, -0.1) is 0 Å². The maximum Gasteiger partial charge on any atom is 0.338 e. The molecule has 1 atom stereocenters. The van der Waals surface area contributed by atoms with E-state index in [1.807, 2.05) is 0 Å². The van der Waals surface area contributed by atoms with E-state index in [9.17, 15) is 19.7 Å². The van der Waals surface area contributed by atoms with Crippen molar-refractivity contribution in [1.29, 1.82) is 0 Å². The van der Waals surface area contributed by atoms with Crippen molar-refractivity contribution in [3.05, 3.63) is 87.1 Å². The average Bonchev–Trinajstić information content (AvgIpc) is 2.79. The molecule has 0 radical (unpaired) electrons. The SMILES string of the molecule is CCOC(=O)C1=C(N)N(c2ccc([N+](=O)[O-])cc2)C2=C(C(=O)CCC2)[C@H]1c1cccnc1. The third-order valence-electron chi connectivity index (χ3n) is 5.62. The van der Waals surface area contributed by atoms with Crippen LogP contribution in [-0.4, -0.2) is 28.3 Å². The number of ether oxygens (including phenoxy) is 1. The third-order valence-corrected chi connectivity index (χ3v) is 5.62. The molecule has 0 spiro atoms. The lowest BCUT2D eigenvalue weighted by molar-refractivity contribution is -0.384. The molecule has 1 aromatic heterocycles. The average molecular weight is 434 g/mol. The minimum atomic E-state index is -0.695. The van der Waals surface area contributed by atoms with Gasteiger partial charge in [0.2, 0.25) is 0 Å². The number of non-ortho nitro benzene ring substituents is 1. The van der Waals surface area contributed by atoms with Crippen LogP contribution >= 0.6 is 0 Å². The van der Waals surface area contributed by atoms with Crippen LogP contribution in [0.15, 0.2) is 71.5 Å². The van der Waals surface area contributed by atoms with Crippen LogP contribution in [0.2, 0.25) is 0 Å². The Bertz CT molecular complexity index is 1140. The number of hydrogen-bond donors (Lipinski definition) is 1. The number of ketones is 1. The molecule has 0 amide bonds. The van der Waals surface area contributed by atoms with Gasteiger partial charge in [0.1, 0.15) is 5.82 Å². The molecule has 1 aromatic carbocycles. The van der Waals surface area contributed by atoms with Crippen molar-refractivity contribution in [2.45, 2.75) is 32.1 Å². The number of rotatable bonds is 5. The summed E-state index contributed by atoms with van der Waals surface area (Å²) in [5, 5.41) is 11.1. The predicted octanol–water partition coefficient (Wildman–Crippen LogP) is 3.33. The van der Waals surface area contributed by atoms with Crippen LogP contribution in [0.4, 0.5) is 11.4 Å². The van der Waals surface area contributed by atoms with Gasteiger partial charge in [0.05, 0.1) is 23.0 Å². The summed E-state index contributed by atoms with van der Waals surface area (Å²) in [7, 11) is 0. The number of nitrogens with zero attached hydrogens (tertiary/aromatic N) is 3. The number of nitrogens with two attached hydrogens (primary N) is 1. The molecule has 2 aromatic rings. The van der Waals surface area contributed by atoms with Crippen molar-refractivity contribution >= 4 is 23.1 Å². The zero-order valence-electron chi connectivity index (χ0n) is 17.5. The standard InChI is InChI=1S/C23H22N4O5/c1-2-32-23(29)21-19(14-5-4-12-25-13-14)20-17(6-3-7-18(20)28)26(22(21)24)15-8-10-16(11-9-15)27(30)31/h4-5,8-13,19H,2-3,6-7,24H2,1H3/t19-/m1/s1. The van der Waals surface area contributed by atoms with Gasteiger partial charge in [-0.3, -0.25) is 24.8 Å². The molecular weight excluding hydrogens is 412 g/mol. The van der Waals surface area contributed by atoms with Crippen LogP contribution in [0.3, 0.4) is 0 Å². The Morgan fingerprint density at radius 1 is 1.28 bits per heavy atom. The highest BCUT2D eigenvalue weighted by atomic mass is 16.6. The van der Waals surface area contributed by atoms with Gasteiger partial charge in [0, 0.05) is 47.9 Å². The number of esters is 1. The highest BCUT2D eigenvalue weighted by Crippen LogP contribution is 2.46. The summed E-state index contributed by atoms with van der Waals surface area (Å²) in [5.41, 5.74) is 9.04. The molecule has 164 valence electrons. The Hall–Kier alpha value is -4.01. The molecular formula is C23H22N4O5. The quantitative estimate of drug-likeness (QED) is 0.431. The molecule has 0 saturated carbocycles. The van der Waals surface area contributed by atoms with Gasteiger partial charge >= 0.3 is 5.97 Å². The normalized spacial score (nSPS) is 18.5. The first-order chi connectivity index (χ1) is 15.4. The molecule has 2 N–H and O–H groups in total. The third kappa shape index (κ3) is 3.62. The number of pyridine rings is 1.